The van der Waals surface area contributed by atoms with Crippen LogP contribution in [0.5, 0.6) is 5.75 Å². The summed E-state index contributed by atoms with van der Waals surface area (Å²) in [7, 11) is 0. The van der Waals surface area contributed by atoms with Crippen LogP contribution in [0.2, 0.25) is 0 Å². The standard InChI is InChI=1S/C18H18F3N5O2/c1-9-14-16(28-26-9)15(12-5-4-10(7-13(12)27)18(19,20)21)24-25-17(14)23-11-3-2-6-22-8-11/h4-5,7,11,22,27H,2-3,6,8H2,1H3,(H,23,25)/t11-/m1/s1. The van der Waals surface area contributed by atoms with Crippen molar-refractivity contribution in [1.82, 2.24) is 20.7 Å². The van der Waals surface area contributed by atoms with E-state index in [9.17, 15) is 18.3 Å². The van der Waals surface area contributed by atoms with E-state index in [-0.39, 0.29) is 22.9 Å². The van der Waals surface area contributed by atoms with Crippen LogP contribution >= 0.6 is 0 Å². The molecule has 0 radical (unpaired) electrons. The molecular formula is C18H18F3N5O2. The molecule has 0 spiro atoms. The van der Waals surface area contributed by atoms with Gasteiger partial charge in [0.2, 0.25) is 0 Å². The number of anilines is 1. The van der Waals surface area contributed by atoms with E-state index in [2.05, 4.69) is 26.0 Å². The van der Waals surface area contributed by atoms with Crippen LogP contribution in [-0.2, 0) is 6.18 Å². The van der Waals surface area contributed by atoms with Gasteiger partial charge in [-0.1, -0.05) is 5.16 Å². The van der Waals surface area contributed by atoms with Gasteiger partial charge in [0.05, 0.1) is 16.6 Å². The molecule has 0 aliphatic carbocycles. The molecule has 1 saturated heterocycles. The van der Waals surface area contributed by atoms with E-state index < -0.39 is 17.5 Å². The van der Waals surface area contributed by atoms with Crippen molar-refractivity contribution in [1.29, 1.82) is 0 Å². The summed E-state index contributed by atoms with van der Waals surface area (Å²) in [5, 5.41) is 29.6. The van der Waals surface area contributed by atoms with E-state index in [1.165, 1.54) is 0 Å². The number of phenols is 1. The second kappa shape index (κ2) is 6.93. The van der Waals surface area contributed by atoms with Gasteiger partial charge in [-0.3, -0.25) is 0 Å². The quantitative estimate of drug-likeness (QED) is 0.627. The number of halogens is 3. The number of aromatic nitrogens is 3. The lowest BCUT2D eigenvalue weighted by Crippen LogP contribution is -2.38. The van der Waals surface area contributed by atoms with Crippen LogP contribution in [0.25, 0.3) is 22.2 Å². The molecule has 148 valence electrons. The minimum Gasteiger partial charge on any atom is -0.507 e. The van der Waals surface area contributed by atoms with Gasteiger partial charge in [0.25, 0.3) is 0 Å². The number of aromatic hydroxyl groups is 1. The first kappa shape index (κ1) is 18.5. The lowest BCUT2D eigenvalue weighted by molar-refractivity contribution is -0.137. The Bertz CT molecular complexity index is 1010. The Balaban J connectivity index is 1.76. The number of rotatable bonds is 3. The molecule has 0 unspecified atom stereocenters. The van der Waals surface area contributed by atoms with Gasteiger partial charge >= 0.3 is 6.18 Å². The highest BCUT2D eigenvalue weighted by Crippen LogP contribution is 2.39. The molecular weight excluding hydrogens is 375 g/mol. The zero-order valence-corrected chi connectivity index (χ0v) is 15.0. The van der Waals surface area contributed by atoms with Crippen molar-refractivity contribution in [3.63, 3.8) is 0 Å². The highest BCUT2D eigenvalue weighted by molar-refractivity contribution is 5.98. The number of nitrogens with zero attached hydrogens (tertiary/aromatic N) is 3. The van der Waals surface area contributed by atoms with Crippen LogP contribution in [0.15, 0.2) is 22.7 Å². The minimum atomic E-state index is -4.55. The molecule has 1 aliphatic heterocycles. The van der Waals surface area contributed by atoms with Crippen molar-refractivity contribution < 1.29 is 22.8 Å². The summed E-state index contributed by atoms with van der Waals surface area (Å²) in [5.74, 6) is -0.0609. The number of nitrogens with one attached hydrogen (secondary N) is 2. The molecule has 1 aromatic carbocycles. The van der Waals surface area contributed by atoms with E-state index in [1.807, 2.05) is 0 Å². The van der Waals surface area contributed by atoms with Gasteiger partial charge in [-0.2, -0.15) is 13.2 Å². The molecule has 2 aromatic heterocycles. The monoisotopic (exact) mass is 393 g/mol. The molecule has 1 atom stereocenters. The van der Waals surface area contributed by atoms with Crippen LogP contribution in [0, 0.1) is 6.92 Å². The fraction of sp³-hybridized carbons (Fsp3) is 0.389. The third-order valence-electron chi connectivity index (χ3n) is 4.78. The molecule has 0 saturated carbocycles. The number of phenolic OH excluding ortho intramolecular Hbond substituents is 1. The summed E-state index contributed by atoms with van der Waals surface area (Å²) in [4.78, 5) is 0. The predicted octanol–water partition coefficient (Wildman–Crippen LogP) is 3.48. The Morgan fingerprint density at radius 2 is 2.11 bits per heavy atom. The maximum Gasteiger partial charge on any atom is 0.416 e. The van der Waals surface area contributed by atoms with Gasteiger partial charge in [-0.25, -0.2) is 0 Å². The van der Waals surface area contributed by atoms with E-state index >= 15 is 0 Å². The number of alkyl halides is 3. The van der Waals surface area contributed by atoms with Crippen molar-refractivity contribution in [2.45, 2.75) is 32.0 Å². The van der Waals surface area contributed by atoms with Crippen LogP contribution < -0.4 is 10.6 Å². The molecule has 3 heterocycles. The SMILES string of the molecule is Cc1noc2c(-c3ccc(C(F)(F)F)cc3O)nnc(N[C@@H]3CCCNC3)c12. The molecule has 28 heavy (non-hydrogen) atoms. The molecule has 0 bridgehead atoms. The molecule has 0 amide bonds. The third kappa shape index (κ3) is 3.35. The summed E-state index contributed by atoms with van der Waals surface area (Å²) in [6.07, 6.45) is -2.54. The van der Waals surface area contributed by atoms with Gasteiger partial charge in [0.15, 0.2) is 11.4 Å². The fourth-order valence-corrected chi connectivity index (χ4v) is 3.36. The summed E-state index contributed by atoms with van der Waals surface area (Å²) in [5.41, 5.74) is 0.106. The first-order chi connectivity index (χ1) is 13.3. The van der Waals surface area contributed by atoms with Crippen molar-refractivity contribution >= 4 is 16.8 Å². The fourth-order valence-electron chi connectivity index (χ4n) is 3.36. The second-order valence-electron chi connectivity index (χ2n) is 6.79. The predicted molar refractivity (Wildman–Crippen MR) is 96.0 cm³/mol. The number of hydrogen-bond donors (Lipinski definition) is 3. The smallest absolute Gasteiger partial charge is 0.416 e. The topological polar surface area (TPSA) is 96.1 Å². The number of piperidine rings is 1. The number of hydrogen-bond acceptors (Lipinski definition) is 7. The van der Waals surface area contributed by atoms with Crippen LogP contribution in [0.4, 0.5) is 19.0 Å². The van der Waals surface area contributed by atoms with Gasteiger partial charge in [-0.05, 0) is 44.5 Å². The van der Waals surface area contributed by atoms with Gasteiger partial charge in [-0.15, -0.1) is 10.2 Å². The number of benzene rings is 1. The van der Waals surface area contributed by atoms with E-state index in [1.54, 1.807) is 6.92 Å². The Kier molecular flexibility index (Phi) is 4.58. The van der Waals surface area contributed by atoms with Gasteiger partial charge in [0, 0.05) is 18.2 Å². The molecule has 4 rings (SSSR count). The highest BCUT2D eigenvalue weighted by Gasteiger charge is 2.32. The number of aryl methyl sites for hydroxylation is 1. The molecule has 10 heteroatoms. The first-order valence-electron chi connectivity index (χ1n) is 8.85. The lowest BCUT2D eigenvalue weighted by Gasteiger charge is -2.24. The normalized spacial score (nSPS) is 17.8. The summed E-state index contributed by atoms with van der Waals surface area (Å²) >= 11 is 0. The first-order valence-corrected chi connectivity index (χ1v) is 8.85. The van der Waals surface area contributed by atoms with Crippen LogP contribution in [0.3, 0.4) is 0 Å². The molecule has 1 aliphatic rings. The maximum atomic E-state index is 12.9. The van der Waals surface area contributed by atoms with Crippen molar-refractivity contribution in [3.8, 4) is 17.0 Å². The van der Waals surface area contributed by atoms with Gasteiger partial charge in [0.1, 0.15) is 11.4 Å². The zero-order valence-electron chi connectivity index (χ0n) is 15.0. The summed E-state index contributed by atoms with van der Waals surface area (Å²) < 4.78 is 43.9. The van der Waals surface area contributed by atoms with Crippen LogP contribution in [0.1, 0.15) is 24.1 Å². The van der Waals surface area contributed by atoms with E-state index in [0.29, 0.717) is 23.0 Å². The lowest BCUT2D eigenvalue weighted by atomic mass is 10.0. The van der Waals surface area contributed by atoms with E-state index in [4.69, 9.17) is 4.52 Å². The van der Waals surface area contributed by atoms with Crippen molar-refractivity contribution in [3.05, 3.63) is 29.5 Å². The maximum absolute atomic E-state index is 12.9. The largest absolute Gasteiger partial charge is 0.507 e. The average Bonchev–Trinajstić information content (AvgIpc) is 3.05. The number of fused-ring (bicyclic) bond motifs is 1. The Hall–Kier alpha value is -2.88. The van der Waals surface area contributed by atoms with Crippen molar-refractivity contribution in [2.24, 2.45) is 0 Å². The molecule has 1 fully saturated rings. The highest BCUT2D eigenvalue weighted by atomic mass is 19.4. The average molecular weight is 393 g/mol. The van der Waals surface area contributed by atoms with E-state index in [0.717, 1.165) is 38.1 Å². The second-order valence-corrected chi connectivity index (χ2v) is 6.79. The summed E-state index contributed by atoms with van der Waals surface area (Å²) in [6.45, 7) is 3.50. The Morgan fingerprint density at radius 3 is 2.79 bits per heavy atom. The summed E-state index contributed by atoms with van der Waals surface area (Å²) in [6, 6.07) is 2.86. The molecule has 3 N–H and O–H groups in total. The third-order valence-corrected chi connectivity index (χ3v) is 4.78. The van der Waals surface area contributed by atoms with Crippen LogP contribution in [-0.4, -0.2) is 39.6 Å². The zero-order chi connectivity index (χ0) is 19.9. The Morgan fingerprint density at radius 1 is 1.29 bits per heavy atom. The molecule has 3 aromatic rings. The van der Waals surface area contributed by atoms with Gasteiger partial charge < -0.3 is 20.3 Å². The molecule has 7 nitrogen and oxygen atoms in total. The minimum absolute atomic E-state index is 0.0903. The van der Waals surface area contributed by atoms with Crippen molar-refractivity contribution in [2.75, 3.05) is 18.4 Å². The Labute approximate surface area is 157 Å².